The second kappa shape index (κ2) is 6.35. The van der Waals surface area contributed by atoms with Crippen molar-refractivity contribution >= 4 is 0 Å². The third kappa shape index (κ3) is 3.82. The minimum atomic E-state index is 0.119. The molecule has 0 bridgehead atoms. The molecule has 0 spiro atoms. The summed E-state index contributed by atoms with van der Waals surface area (Å²) in [5.74, 6) is 0.576. The number of hydrogen-bond donors (Lipinski definition) is 1. The zero-order valence-electron chi connectivity index (χ0n) is 12.6. The highest BCUT2D eigenvalue weighted by Crippen LogP contribution is 2.28. The summed E-state index contributed by atoms with van der Waals surface area (Å²) >= 11 is 0. The Hall–Kier alpha value is -0.860. The van der Waals surface area contributed by atoms with Gasteiger partial charge in [-0.15, -0.1) is 0 Å². The smallest absolute Gasteiger partial charge is 0.0961 e. The molecule has 0 aliphatic carbocycles. The Kier molecular flexibility index (Phi) is 5.36. The maximum absolute atomic E-state index is 5.05. The van der Waals surface area contributed by atoms with Crippen LogP contribution in [0.1, 0.15) is 50.3 Å². The molecule has 0 atom stereocenters. The van der Waals surface area contributed by atoms with Gasteiger partial charge >= 0.3 is 0 Å². The average Bonchev–Trinajstić information content (AvgIpc) is 2.29. The average molecular weight is 249 g/mol. The standard InChI is InChI=1S/C16H27NO/c1-12(2)14-8-7-13(3)15(9-14)16(4,5)10-17-11-18-6/h7-9,12,17H,10-11H2,1-6H3. The molecular weight excluding hydrogens is 222 g/mol. The van der Waals surface area contributed by atoms with Gasteiger partial charge in [0.05, 0.1) is 6.73 Å². The van der Waals surface area contributed by atoms with E-state index in [-0.39, 0.29) is 5.41 Å². The topological polar surface area (TPSA) is 21.3 Å². The van der Waals surface area contributed by atoms with Gasteiger partial charge in [-0.25, -0.2) is 0 Å². The molecule has 0 heterocycles. The number of nitrogens with one attached hydrogen (secondary N) is 1. The van der Waals surface area contributed by atoms with E-state index in [1.165, 1.54) is 16.7 Å². The number of benzene rings is 1. The maximum Gasteiger partial charge on any atom is 0.0961 e. The van der Waals surface area contributed by atoms with Crippen LogP contribution in [0.3, 0.4) is 0 Å². The molecule has 102 valence electrons. The normalized spacial score (nSPS) is 12.2. The Labute approximate surface area is 112 Å². The summed E-state index contributed by atoms with van der Waals surface area (Å²) in [6.45, 7) is 12.8. The van der Waals surface area contributed by atoms with Crippen LogP contribution in [-0.4, -0.2) is 20.4 Å². The lowest BCUT2D eigenvalue weighted by atomic mass is 9.80. The summed E-state index contributed by atoms with van der Waals surface area (Å²) in [6.07, 6.45) is 0. The van der Waals surface area contributed by atoms with Gasteiger partial charge in [0.25, 0.3) is 0 Å². The molecule has 1 aromatic carbocycles. The quantitative estimate of drug-likeness (QED) is 0.614. The molecule has 0 fully saturated rings. The fourth-order valence-corrected chi connectivity index (χ4v) is 2.29. The van der Waals surface area contributed by atoms with E-state index in [0.717, 1.165) is 6.54 Å². The van der Waals surface area contributed by atoms with Gasteiger partial charge in [0.2, 0.25) is 0 Å². The van der Waals surface area contributed by atoms with Gasteiger partial charge in [0.15, 0.2) is 0 Å². The Morgan fingerprint density at radius 3 is 2.50 bits per heavy atom. The molecule has 1 rings (SSSR count). The van der Waals surface area contributed by atoms with E-state index >= 15 is 0 Å². The van der Waals surface area contributed by atoms with Crippen LogP contribution in [-0.2, 0) is 10.2 Å². The fraction of sp³-hybridized carbons (Fsp3) is 0.625. The van der Waals surface area contributed by atoms with Crippen LogP contribution in [0.4, 0.5) is 0 Å². The van der Waals surface area contributed by atoms with E-state index in [2.05, 4.69) is 58.1 Å². The van der Waals surface area contributed by atoms with Crippen LogP contribution >= 0.6 is 0 Å². The molecule has 0 aliphatic rings. The third-order valence-electron chi connectivity index (χ3n) is 3.47. The third-order valence-corrected chi connectivity index (χ3v) is 3.47. The lowest BCUT2D eigenvalue weighted by Gasteiger charge is -2.28. The van der Waals surface area contributed by atoms with E-state index in [1.54, 1.807) is 7.11 Å². The molecule has 0 aromatic heterocycles. The minimum absolute atomic E-state index is 0.119. The largest absolute Gasteiger partial charge is 0.370 e. The highest BCUT2D eigenvalue weighted by molar-refractivity contribution is 5.37. The summed E-state index contributed by atoms with van der Waals surface area (Å²) in [4.78, 5) is 0. The molecule has 1 N–H and O–H groups in total. The Morgan fingerprint density at radius 1 is 1.28 bits per heavy atom. The van der Waals surface area contributed by atoms with Gasteiger partial charge in [-0.1, -0.05) is 45.9 Å². The van der Waals surface area contributed by atoms with Crippen molar-refractivity contribution in [3.05, 3.63) is 34.9 Å². The molecule has 1 aromatic rings. The predicted molar refractivity (Wildman–Crippen MR) is 78.2 cm³/mol. The predicted octanol–water partition coefficient (Wildman–Crippen LogP) is 3.59. The van der Waals surface area contributed by atoms with Crippen LogP contribution in [0.25, 0.3) is 0 Å². The first-order valence-corrected chi connectivity index (χ1v) is 6.69. The van der Waals surface area contributed by atoms with E-state index in [9.17, 15) is 0 Å². The Morgan fingerprint density at radius 2 is 1.94 bits per heavy atom. The maximum atomic E-state index is 5.05. The molecule has 0 unspecified atom stereocenters. The number of methoxy groups -OCH3 is 1. The van der Waals surface area contributed by atoms with Crippen LogP contribution in [0.5, 0.6) is 0 Å². The molecule has 0 radical (unpaired) electrons. The Bertz CT molecular complexity index is 383. The number of rotatable bonds is 6. The van der Waals surface area contributed by atoms with Gasteiger partial charge < -0.3 is 4.74 Å². The van der Waals surface area contributed by atoms with Gasteiger partial charge in [0.1, 0.15) is 0 Å². The van der Waals surface area contributed by atoms with Crippen molar-refractivity contribution in [3.8, 4) is 0 Å². The van der Waals surface area contributed by atoms with Crippen molar-refractivity contribution in [1.82, 2.24) is 5.32 Å². The summed E-state index contributed by atoms with van der Waals surface area (Å²) in [7, 11) is 1.71. The van der Waals surface area contributed by atoms with Crippen LogP contribution in [0.15, 0.2) is 18.2 Å². The molecule has 2 nitrogen and oxygen atoms in total. The number of hydrogen-bond acceptors (Lipinski definition) is 2. The van der Waals surface area contributed by atoms with Crippen LogP contribution in [0.2, 0.25) is 0 Å². The van der Waals surface area contributed by atoms with Crippen molar-refractivity contribution in [2.75, 3.05) is 20.4 Å². The summed E-state index contributed by atoms with van der Waals surface area (Å²) in [5, 5.41) is 3.33. The van der Waals surface area contributed by atoms with Gasteiger partial charge in [-0.05, 0) is 29.5 Å². The van der Waals surface area contributed by atoms with Crippen molar-refractivity contribution in [1.29, 1.82) is 0 Å². The van der Waals surface area contributed by atoms with Crippen LogP contribution < -0.4 is 5.32 Å². The van der Waals surface area contributed by atoms with E-state index in [0.29, 0.717) is 12.6 Å². The summed E-state index contributed by atoms with van der Waals surface area (Å²) in [5.41, 5.74) is 4.32. The van der Waals surface area contributed by atoms with Gasteiger partial charge in [-0.3, -0.25) is 5.32 Å². The molecule has 18 heavy (non-hydrogen) atoms. The second-order valence-corrected chi connectivity index (χ2v) is 5.97. The molecule has 2 heteroatoms. The monoisotopic (exact) mass is 249 g/mol. The molecule has 0 aliphatic heterocycles. The minimum Gasteiger partial charge on any atom is -0.370 e. The lowest BCUT2D eigenvalue weighted by molar-refractivity contribution is 0.169. The first-order chi connectivity index (χ1) is 8.38. The fourth-order valence-electron chi connectivity index (χ4n) is 2.29. The lowest BCUT2D eigenvalue weighted by Crippen LogP contribution is -2.34. The highest BCUT2D eigenvalue weighted by atomic mass is 16.5. The molecule has 0 amide bonds. The number of ether oxygens (including phenoxy) is 1. The van der Waals surface area contributed by atoms with E-state index < -0.39 is 0 Å². The summed E-state index contributed by atoms with van der Waals surface area (Å²) < 4.78 is 5.05. The first kappa shape index (κ1) is 15.2. The van der Waals surface area contributed by atoms with Gasteiger partial charge in [-0.2, -0.15) is 0 Å². The number of aryl methyl sites for hydroxylation is 1. The van der Waals surface area contributed by atoms with Crippen molar-refractivity contribution in [3.63, 3.8) is 0 Å². The van der Waals surface area contributed by atoms with Crippen molar-refractivity contribution in [2.45, 2.75) is 46.0 Å². The second-order valence-electron chi connectivity index (χ2n) is 5.97. The van der Waals surface area contributed by atoms with E-state index in [1.807, 2.05) is 0 Å². The van der Waals surface area contributed by atoms with E-state index in [4.69, 9.17) is 4.74 Å². The Balaban J connectivity index is 2.95. The van der Waals surface area contributed by atoms with Gasteiger partial charge in [0, 0.05) is 19.1 Å². The van der Waals surface area contributed by atoms with Crippen molar-refractivity contribution < 1.29 is 4.74 Å². The molecular formula is C16H27NO. The molecule has 0 saturated carbocycles. The first-order valence-electron chi connectivity index (χ1n) is 6.69. The van der Waals surface area contributed by atoms with Crippen LogP contribution in [0, 0.1) is 6.92 Å². The zero-order valence-corrected chi connectivity index (χ0v) is 12.6. The summed E-state index contributed by atoms with van der Waals surface area (Å²) in [6, 6.07) is 6.83. The SMILES string of the molecule is COCNCC(C)(C)c1cc(C(C)C)ccc1C. The zero-order chi connectivity index (χ0) is 13.8. The van der Waals surface area contributed by atoms with Crippen molar-refractivity contribution in [2.24, 2.45) is 0 Å². The highest BCUT2D eigenvalue weighted by Gasteiger charge is 2.22. The molecule has 0 saturated heterocycles.